The van der Waals surface area contributed by atoms with Crippen molar-refractivity contribution in [2.24, 2.45) is 11.8 Å². The van der Waals surface area contributed by atoms with Crippen molar-refractivity contribution in [3.05, 3.63) is 0 Å². The van der Waals surface area contributed by atoms with Gasteiger partial charge in [-0.05, 0) is 24.7 Å². The lowest BCUT2D eigenvalue weighted by atomic mass is 9.94. The molecule has 0 aromatic carbocycles. The molecule has 0 rings (SSSR count). The van der Waals surface area contributed by atoms with Crippen LogP contribution in [0.5, 0.6) is 0 Å². The molecular formula is C10H24OSi. The van der Waals surface area contributed by atoms with Gasteiger partial charge in [0.25, 0.3) is 0 Å². The summed E-state index contributed by atoms with van der Waals surface area (Å²) in [7, 11) is 0.900. The first kappa shape index (κ1) is 12.2. The van der Waals surface area contributed by atoms with Gasteiger partial charge in [-0.25, -0.2) is 0 Å². The minimum absolute atomic E-state index is 0.856. The second-order valence-electron chi connectivity index (χ2n) is 4.22. The van der Waals surface area contributed by atoms with E-state index in [2.05, 4.69) is 20.8 Å². The summed E-state index contributed by atoms with van der Waals surface area (Å²) in [5, 5.41) is 0. The molecule has 2 heteroatoms. The molecule has 1 atom stereocenters. The van der Waals surface area contributed by atoms with Gasteiger partial charge in [-0.15, -0.1) is 0 Å². The van der Waals surface area contributed by atoms with Gasteiger partial charge in [-0.3, -0.25) is 0 Å². The molecule has 0 fully saturated rings. The molecule has 0 aliphatic heterocycles. The predicted molar refractivity (Wildman–Crippen MR) is 58.4 cm³/mol. The van der Waals surface area contributed by atoms with Gasteiger partial charge >= 0.3 is 0 Å². The van der Waals surface area contributed by atoms with Crippen LogP contribution in [-0.4, -0.2) is 17.1 Å². The lowest BCUT2D eigenvalue weighted by Gasteiger charge is -2.13. The fourth-order valence-electron chi connectivity index (χ4n) is 1.66. The minimum Gasteiger partial charge on any atom is -0.428 e. The van der Waals surface area contributed by atoms with Gasteiger partial charge in [0.2, 0.25) is 0 Å². The summed E-state index contributed by atoms with van der Waals surface area (Å²) in [6.45, 7) is 7.96. The highest BCUT2D eigenvalue weighted by Gasteiger charge is 2.03. The maximum atomic E-state index is 5.14. The first-order valence-electron chi connectivity index (χ1n) is 5.15. The molecule has 1 unspecified atom stereocenters. The highest BCUT2D eigenvalue weighted by molar-refractivity contribution is 5.97. The Hall–Kier alpha value is 0.177. The Morgan fingerprint density at radius 1 is 1.17 bits per heavy atom. The van der Waals surface area contributed by atoms with Crippen molar-refractivity contribution in [1.29, 1.82) is 0 Å². The summed E-state index contributed by atoms with van der Waals surface area (Å²) in [6.07, 6.45) is 5.35. The van der Waals surface area contributed by atoms with E-state index < -0.39 is 0 Å². The molecular weight excluding hydrogens is 164 g/mol. The van der Waals surface area contributed by atoms with E-state index >= 15 is 0 Å². The van der Waals surface area contributed by atoms with Crippen LogP contribution in [0.4, 0.5) is 0 Å². The van der Waals surface area contributed by atoms with Crippen LogP contribution in [0.2, 0.25) is 0 Å². The van der Waals surface area contributed by atoms with Crippen molar-refractivity contribution in [2.75, 3.05) is 6.61 Å². The van der Waals surface area contributed by atoms with Gasteiger partial charge in [0, 0.05) is 6.61 Å². The Bertz CT molecular complexity index is 93.8. The number of rotatable bonds is 7. The minimum atomic E-state index is 0.856. The second-order valence-corrected chi connectivity index (χ2v) is 4.80. The normalized spacial score (nSPS) is 14.0. The summed E-state index contributed by atoms with van der Waals surface area (Å²) in [5.41, 5.74) is 0. The topological polar surface area (TPSA) is 9.23 Å². The van der Waals surface area contributed by atoms with E-state index in [9.17, 15) is 0 Å². The Kier molecular flexibility index (Phi) is 7.92. The average Bonchev–Trinajstić information content (AvgIpc) is 1.97. The Morgan fingerprint density at radius 3 is 2.33 bits per heavy atom. The van der Waals surface area contributed by atoms with Crippen molar-refractivity contribution in [1.82, 2.24) is 0 Å². The summed E-state index contributed by atoms with van der Waals surface area (Å²) in [5.74, 6) is 1.76. The van der Waals surface area contributed by atoms with E-state index in [0.29, 0.717) is 0 Å². The molecule has 0 N–H and O–H groups in total. The van der Waals surface area contributed by atoms with E-state index in [1.807, 2.05) is 0 Å². The Labute approximate surface area is 80.4 Å². The fourth-order valence-corrected chi connectivity index (χ4v) is 1.95. The monoisotopic (exact) mass is 188 g/mol. The van der Waals surface area contributed by atoms with Crippen molar-refractivity contribution >= 4 is 10.5 Å². The van der Waals surface area contributed by atoms with Gasteiger partial charge in [-0.1, -0.05) is 33.6 Å². The largest absolute Gasteiger partial charge is 0.428 e. The van der Waals surface area contributed by atoms with Gasteiger partial charge < -0.3 is 4.43 Å². The smallest absolute Gasteiger partial charge is 0.145 e. The number of hydrogen-bond donors (Lipinski definition) is 0. The molecule has 0 amide bonds. The molecule has 0 spiro atoms. The third-order valence-electron chi connectivity index (χ3n) is 2.17. The highest BCUT2D eigenvalue weighted by Crippen LogP contribution is 2.16. The predicted octanol–water partition coefficient (Wildman–Crippen LogP) is 2.14. The maximum Gasteiger partial charge on any atom is 0.145 e. The van der Waals surface area contributed by atoms with Crippen LogP contribution < -0.4 is 0 Å². The third kappa shape index (κ3) is 8.28. The summed E-state index contributed by atoms with van der Waals surface area (Å²) >= 11 is 0. The maximum absolute atomic E-state index is 5.14. The van der Waals surface area contributed by atoms with E-state index in [1.54, 1.807) is 0 Å². The summed E-state index contributed by atoms with van der Waals surface area (Å²) in [6, 6.07) is 0. The zero-order valence-electron chi connectivity index (χ0n) is 9.10. The molecule has 74 valence electrons. The van der Waals surface area contributed by atoms with Crippen LogP contribution >= 0.6 is 0 Å². The van der Waals surface area contributed by atoms with Crippen molar-refractivity contribution in [2.45, 2.75) is 46.5 Å². The standard InChI is InChI=1S/C10H24OSi/c1-9(2)8-10(3)6-4-5-7-11-12/h9-10H,4-8H2,1-3,12H3. The first-order chi connectivity index (χ1) is 5.66. The van der Waals surface area contributed by atoms with Crippen LogP contribution in [0.25, 0.3) is 0 Å². The molecule has 0 saturated carbocycles. The molecule has 0 bridgehead atoms. The number of hydrogen-bond acceptors (Lipinski definition) is 1. The molecule has 0 aromatic heterocycles. The first-order valence-corrected chi connectivity index (χ1v) is 5.97. The van der Waals surface area contributed by atoms with Gasteiger partial charge in [0.1, 0.15) is 10.5 Å². The van der Waals surface area contributed by atoms with Gasteiger partial charge in [-0.2, -0.15) is 0 Å². The zero-order chi connectivity index (χ0) is 9.40. The van der Waals surface area contributed by atoms with Gasteiger partial charge in [0.05, 0.1) is 0 Å². The van der Waals surface area contributed by atoms with Crippen LogP contribution in [0.3, 0.4) is 0 Å². The average molecular weight is 188 g/mol. The molecule has 0 saturated heterocycles. The van der Waals surface area contributed by atoms with Crippen LogP contribution in [0.15, 0.2) is 0 Å². The van der Waals surface area contributed by atoms with Crippen molar-refractivity contribution < 1.29 is 4.43 Å². The molecule has 1 nitrogen and oxygen atoms in total. The van der Waals surface area contributed by atoms with E-state index in [-0.39, 0.29) is 0 Å². The zero-order valence-corrected chi connectivity index (χ0v) is 11.1. The fraction of sp³-hybridized carbons (Fsp3) is 1.00. The van der Waals surface area contributed by atoms with Gasteiger partial charge in [0.15, 0.2) is 0 Å². The van der Waals surface area contributed by atoms with E-state index in [0.717, 1.165) is 28.9 Å². The highest BCUT2D eigenvalue weighted by atomic mass is 28.2. The molecule has 0 heterocycles. The van der Waals surface area contributed by atoms with Crippen molar-refractivity contribution in [3.63, 3.8) is 0 Å². The van der Waals surface area contributed by atoms with Crippen LogP contribution in [0.1, 0.15) is 46.5 Å². The molecule has 0 aliphatic rings. The Balaban J connectivity index is 3.14. The van der Waals surface area contributed by atoms with Crippen LogP contribution in [-0.2, 0) is 4.43 Å². The van der Waals surface area contributed by atoms with Crippen molar-refractivity contribution in [3.8, 4) is 0 Å². The van der Waals surface area contributed by atoms with Crippen LogP contribution in [0, 0.1) is 11.8 Å². The second kappa shape index (κ2) is 7.81. The lowest BCUT2D eigenvalue weighted by molar-refractivity contribution is 0.320. The molecule has 0 aliphatic carbocycles. The SMILES string of the molecule is CC(C)CC(C)CCCCO[SiH3]. The summed E-state index contributed by atoms with van der Waals surface area (Å²) in [4.78, 5) is 0. The third-order valence-corrected chi connectivity index (χ3v) is 2.58. The van der Waals surface area contributed by atoms with E-state index in [1.165, 1.54) is 25.7 Å². The molecule has 0 aromatic rings. The lowest BCUT2D eigenvalue weighted by Crippen LogP contribution is -2.00. The molecule has 0 radical (unpaired) electrons. The quantitative estimate of drug-likeness (QED) is 0.439. The molecule has 12 heavy (non-hydrogen) atoms. The Morgan fingerprint density at radius 2 is 1.83 bits per heavy atom. The van der Waals surface area contributed by atoms with E-state index in [4.69, 9.17) is 4.43 Å². The summed E-state index contributed by atoms with van der Waals surface area (Å²) < 4.78 is 5.14. The number of unbranched alkanes of at least 4 members (excludes halogenated alkanes) is 1.